The van der Waals surface area contributed by atoms with Gasteiger partial charge in [-0.1, -0.05) is 18.2 Å². The SMILES string of the molecule is CNC(=O)CN(C)C(=O)COC(=O)CSc1c(C)nn(-c2ccccc2)c1C. The minimum Gasteiger partial charge on any atom is -0.455 e. The highest BCUT2D eigenvalue weighted by Gasteiger charge is 2.17. The molecular formula is C19H24N4O4S. The summed E-state index contributed by atoms with van der Waals surface area (Å²) in [5.41, 5.74) is 2.70. The molecule has 2 rings (SSSR count). The van der Waals surface area contributed by atoms with E-state index < -0.39 is 18.5 Å². The van der Waals surface area contributed by atoms with Crippen LogP contribution in [0.4, 0.5) is 0 Å². The largest absolute Gasteiger partial charge is 0.455 e. The number of nitrogens with one attached hydrogen (secondary N) is 1. The molecule has 0 saturated carbocycles. The monoisotopic (exact) mass is 404 g/mol. The molecule has 0 fully saturated rings. The second-order valence-electron chi connectivity index (χ2n) is 6.12. The summed E-state index contributed by atoms with van der Waals surface area (Å²) in [6.45, 7) is 3.35. The van der Waals surface area contributed by atoms with Crippen molar-refractivity contribution in [1.29, 1.82) is 0 Å². The van der Waals surface area contributed by atoms with Crippen molar-refractivity contribution in [3.8, 4) is 5.69 Å². The van der Waals surface area contributed by atoms with Gasteiger partial charge in [0.05, 0.1) is 34.3 Å². The molecule has 9 heteroatoms. The van der Waals surface area contributed by atoms with Gasteiger partial charge in [0, 0.05) is 14.1 Å². The van der Waals surface area contributed by atoms with Gasteiger partial charge in [0.1, 0.15) is 0 Å². The van der Waals surface area contributed by atoms with Crippen LogP contribution in [0.2, 0.25) is 0 Å². The fourth-order valence-electron chi connectivity index (χ4n) is 2.47. The van der Waals surface area contributed by atoms with Gasteiger partial charge >= 0.3 is 5.97 Å². The average Bonchev–Trinajstić information content (AvgIpc) is 2.98. The maximum Gasteiger partial charge on any atom is 0.316 e. The number of esters is 1. The van der Waals surface area contributed by atoms with Crippen LogP contribution in [0.5, 0.6) is 0 Å². The van der Waals surface area contributed by atoms with Crippen molar-refractivity contribution in [3.05, 3.63) is 41.7 Å². The Hall–Kier alpha value is -2.81. The molecule has 1 N–H and O–H groups in total. The van der Waals surface area contributed by atoms with Gasteiger partial charge in [0.15, 0.2) is 6.61 Å². The van der Waals surface area contributed by atoms with Crippen molar-refractivity contribution in [1.82, 2.24) is 20.0 Å². The number of carbonyl (C=O) groups excluding carboxylic acids is 3. The van der Waals surface area contributed by atoms with Crippen molar-refractivity contribution < 1.29 is 19.1 Å². The van der Waals surface area contributed by atoms with E-state index in [1.165, 1.54) is 30.8 Å². The number of ether oxygens (including phenoxy) is 1. The molecule has 0 radical (unpaired) electrons. The molecule has 1 heterocycles. The van der Waals surface area contributed by atoms with Crippen LogP contribution in [0, 0.1) is 13.8 Å². The number of para-hydroxylation sites is 1. The summed E-state index contributed by atoms with van der Waals surface area (Å²) in [7, 11) is 2.96. The zero-order valence-electron chi connectivity index (χ0n) is 16.4. The van der Waals surface area contributed by atoms with E-state index in [1.54, 1.807) is 0 Å². The Bertz CT molecular complexity index is 851. The first-order valence-corrected chi connectivity index (χ1v) is 9.66. The van der Waals surface area contributed by atoms with Crippen LogP contribution in [0.3, 0.4) is 0 Å². The number of aromatic nitrogens is 2. The van der Waals surface area contributed by atoms with E-state index in [9.17, 15) is 14.4 Å². The Kier molecular flexibility index (Phi) is 7.62. The highest BCUT2D eigenvalue weighted by Crippen LogP contribution is 2.27. The van der Waals surface area contributed by atoms with Gasteiger partial charge in [-0.05, 0) is 26.0 Å². The van der Waals surface area contributed by atoms with E-state index in [0.29, 0.717) is 0 Å². The third kappa shape index (κ3) is 5.59. The van der Waals surface area contributed by atoms with E-state index in [4.69, 9.17) is 4.74 Å². The molecule has 28 heavy (non-hydrogen) atoms. The minimum atomic E-state index is -0.502. The summed E-state index contributed by atoms with van der Waals surface area (Å²) in [5, 5.41) is 6.96. The third-order valence-corrected chi connectivity index (χ3v) is 5.26. The molecule has 2 aromatic rings. The van der Waals surface area contributed by atoms with Crippen LogP contribution in [-0.4, -0.2) is 65.5 Å². The number of amides is 2. The molecule has 0 spiro atoms. The Morgan fingerprint density at radius 2 is 1.89 bits per heavy atom. The summed E-state index contributed by atoms with van der Waals surface area (Å²) < 4.78 is 6.86. The Morgan fingerprint density at radius 3 is 2.54 bits per heavy atom. The van der Waals surface area contributed by atoms with Crippen molar-refractivity contribution in [2.75, 3.05) is 33.0 Å². The lowest BCUT2D eigenvalue weighted by Gasteiger charge is -2.15. The predicted octanol–water partition coefficient (Wildman–Crippen LogP) is 1.33. The van der Waals surface area contributed by atoms with Gasteiger partial charge < -0.3 is 15.0 Å². The molecular weight excluding hydrogens is 380 g/mol. The van der Waals surface area contributed by atoms with Crippen molar-refractivity contribution in [3.63, 3.8) is 0 Å². The highest BCUT2D eigenvalue weighted by molar-refractivity contribution is 8.00. The number of carbonyl (C=O) groups is 3. The van der Waals surface area contributed by atoms with E-state index in [-0.39, 0.29) is 18.2 Å². The van der Waals surface area contributed by atoms with E-state index in [1.807, 2.05) is 48.9 Å². The summed E-state index contributed by atoms with van der Waals surface area (Å²) in [6.07, 6.45) is 0. The molecule has 1 aromatic heterocycles. The molecule has 0 aliphatic carbocycles. The second kappa shape index (κ2) is 9.93. The van der Waals surface area contributed by atoms with Crippen LogP contribution in [0.25, 0.3) is 5.69 Å². The normalized spacial score (nSPS) is 10.4. The maximum atomic E-state index is 12.0. The quantitative estimate of drug-likeness (QED) is 0.527. The van der Waals surface area contributed by atoms with Crippen LogP contribution < -0.4 is 5.32 Å². The highest BCUT2D eigenvalue weighted by atomic mass is 32.2. The number of likely N-dealkylation sites (N-methyl/N-ethyl adjacent to an activating group) is 2. The molecule has 0 aliphatic rings. The predicted molar refractivity (Wildman–Crippen MR) is 106 cm³/mol. The molecule has 0 aliphatic heterocycles. The number of thioether (sulfide) groups is 1. The van der Waals surface area contributed by atoms with Gasteiger partial charge in [-0.15, -0.1) is 11.8 Å². The fraction of sp³-hybridized carbons (Fsp3) is 0.368. The molecule has 0 bridgehead atoms. The zero-order chi connectivity index (χ0) is 20.7. The molecule has 0 atom stereocenters. The Morgan fingerprint density at radius 1 is 1.21 bits per heavy atom. The summed E-state index contributed by atoms with van der Waals surface area (Å²) in [4.78, 5) is 37.3. The topological polar surface area (TPSA) is 93.5 Å². The third-order valence-electron chi connectivity index (χ3n) is 4.00. The van der Waals surface area contributed by atoms with Gasteiger partial charge in [-0.25, -0.2) is 4.68 Å². The number of hydrogen-bond acceptors (Lipinski definition) is 6. The van der Waals surface area contributed by atoms with Crippen molar-refractivity contribution in [2.45, 2.75) is 18.7 Å². The van der Waals surface area contributed by atoms with Gasteiger partial charge in [0.2, 0.25) is 5.91 Å². The lowest BCUT2D eigenvalue weighted by atomic mass is 10.3. The number of nitrogens with zero attached hydrogens (tertiary/aromatic N) is 3. The van der Waals surface area contributed by atoms with E-state index in [0.717, 1.165) is 22.0 Å². The second-order valence-corrected chi connectivity index (χ2v) is 7.11. The average molecular weight is 404 g/mol. The first-order valence-electron chi connectivity index (χ1n) is 8.68. The lowest BCUT2D eigenvalue weighted by molar-refractivity contribution is -0.149. The van der Waals surface area contributed by atoms with Crippen molar-refractivity contribution >= 4 is 29.5 Å². The van der Waals surface area contributed by atoms with E-state index in [2.05, 4.69) is 10.4 Å². The summed E-state index contributed by atoms with van der Waals surface area (Å²) in [6, 6.07) is 9.74. The van der Waals surface area contributed by atoms with Gasteiger partial charge in [-0.3, -0.25) is 14.4 Å². The number of aryl methyl sites for hydroxylation is 1. The first-order chi connectivity index (χ1) is 13.3. The Balaban J connectivity index is 1.89. The summed E-state index contributed by atoms with van der Waals surface area (Å²) in [5.74, 6) is -1.17. The molecule has 0 saturated heterocycles. The molecule has 8 nitrogen and oxygen atoms in total. The summed E-state index contributed by atoms with van der Waals surface area (Å²) >= 11 is 1.32. The molecule has 1 aromatic carbocycles. The van der Waals surface area contributed by atoms with Crippen LogP contribution in [-0.2, 0) is 19.1 Å². The van der Waals surface area contributed by atoms with E-state index >= 15 is 0 Å². The van der Waals surface area contributed by atoms with Crippen LogP contribution >= 0.6 is 11.8 Å². The Labute approximate surface area is 168 Å². The maximum absolute atomic E-state index is 12.0. The molecule has 2 amide bonds. The van der Waals surface area contributed by atoms with Crippen LogP contribution in [0.1, 0.15) is 11.4 Å². The fourth-order valence-corrected chi connectivity index (χ4v) is 3.36. The number of rotatable bonds is 8. The molecule has 0 unspecified atom stereocenters. The smallest absolute Gasteiger partial charge is 0.316 e. The number of hydrogen-bond donors (Lipinski definition) is 1. The lowest BCUT2D eigenvalue weighted by Crippen LogP contribution is -2.39. The standard InChI is InChI=1S/C19H24N4O4S/c1-13-19(14(2)23(21-13)15-8-6-5-7-9-15)28-12-18(26)27-11-17(25)22(4)10-16(24)20-3/h5-9H,10-12H2,1-4H3,(H,20,24). The minimum absolute atomic E-state index is 0.0641. The molecule has 150 valence electrons. The zero-order valence-corrected chi connectivity index (χ0v) is 17.2. The number of benzene rings is 1. The van der Waals surface area contributed by atoms with Gasteiger partial charge in [-0.2, -0.15) is 5.10 Å². The van der Waals surface area contributed by atoms with Gasteiger partial charge in [0.25, 0.3) is 5.91 Å². The van der Waals surface area contributed by atoms with Crippen LogP contribution in [0.15, 0.2) is 35.2 Å². The first kappa shape index (κ1) is 21.5. The van der Waals surface area contributed by atoms with Crippen molar-refractivity contribution in [2.24, 2.45) is 0 Å².